The minimum Gasteiger partial charge on any atom is -0.350 e. The van der Waals surface area contributed by atoms with Crippen molar-refractivity contribution in [2.45, 2.75) is 38.3 Å². The molecule has 0 spiro atoms. The highest BCUT2D eigenvalue weighted by Gasteiger charge is 2.17. The van der Waals surface area contributed by atoms with Crippen molar-refractivity contribution < 1.29 is 8.42 Å². The summed E-state index contributed by atoms with van der Waals surface area (Å²) in [6.45, 7) is 7.54. The van der Waals surface area contributed by atoms with Crippen LogP contribution >= 0.6 is 0 Å². The third-order valence-corrected chi connectivity index (χ3v) is 2.88. The van der Waals surface area contributed by atoms with Crippen LogP contribution in [-0.2, 0) is 9.84 Å². The molecule has 1 aromatic rings. The third-order valence-electron chi connectivity index (χ3n) is 1.76. The Morgan fingerprint density at radius 1 is 1.31 bits per heavy atom. The first-order valence-electron chi connectivity index (χ1n) is 4.91. The van der Waals surface area contributed by atoms with E-state index in [4.69, 9.17) is 0 Å². The predicted molar refractivity (Wildman–Crippen MR) is 63.3 cm³/mol. The van der Waals surface area contributed by atoms with Crippen LogP contribution in [0, 0.1) is 6.92 Å². The van der Waals surface area contributed by atoms with E-state index in [2.05, 4.69) is 15.3 Å². The zero-order valence-electron chi connectivity index (χ0n) is 10.2. The van der Waals surface area contributed by atoms with Gasteiger partial charge in [-0.15, -0.1) is 0 Å². The van der Waals surface area contributed by atoms with Crippen molar-refractivity contribution in [1.29, 1.82) is 0 Å². The molecule has 0 aliphatic heterocycles. The van der Waals surface area contributed by atoms with E-state index in [1.54, 1.807) is 6.92 Å². The summed E-state index contributed by atoms with van der Waals surface area (Å²) < 4.78 is 22.9. The maximum Gasteiger partial charge on any atom is 0.224 e. The van der Waals surface area contributed by atoms with Gasteiger partial charge in [-0.1, -0.05) is 0 Å². The molecule has 0 aliphatic carbocycles. The summed E-state index contributed by atoms with van der Waals surface area (Å²) in [5, 5.41) is 3.11. The van der Waals surface area contributed by atoms with Crippen LogP contribution in [0.15, 0.2) is 11.2 Å². The second kappa shape index (κ2) is 4.01. The molecule has 1 heterocycles. The van der Waals surface area contributed by atoms with Gasteiger partial charge in [-0.2, -0.15) is 0 Å². The lowest BCUT2D eigenvalue weighted by Gasteiger charge is -2.20. The molecule has 0 radical (unpaired) electrons. The summed E-state index contributed by atoms with van der Waals surface area (Å²) in [5.74, 6) is 0.332. The van der Waals surface area contributed by atoms with Crippen LogP contribution in [-0.4, -0.2) is 30.2 Å². The van der Waals surface area contributed by atoms with Gasteiger partial charge in [0.1, 0.15) is 0 Å². The van der Waals surface area contributed by atoms with Gasteiger partial charge in [-0.25, -0.2) is 18.4 Å². The highest BCUT2D eigenvalue weighted by atomic mass is 32.2. The average Bonchev–Trinajstić information content (AvgIpc) is 2.04. The van der Waals surface area contributed by atoms with Crippen LogP contribution in [0.4, 0.5) is 5.95 Å². The van der Waals surface area contributed by atoms with E-state index in [0.29, 0.717) is 11.5 Å². The molecule has 1 N–H and O–H groups in total. The first-order chi connectivity index (χ1) is 7.09. The Balaban J connectivity index is 3.19. The average molecular weight is 243 g/mol. The summed E-state index contributed by atoms with van der Waals surface area (Å²) in [7, 11) is -3.30. The van der Waals surface area contributed by atoms with Gasteiger partial charge in [-0.05, 0) is 27.7 Å². The van der Waals surface area contributed by atoms with Crippen LogP contribution in [0.5, 0.6) is 0 Å². The smallest absolute Gasteiger partial charge is 0.224 e. The highest BCUT2D eigenvalue weighted by molar-refractivity contribution is 7.90. The number of aromatic nitrogens is 2. The Hall–Kier alpha value is -1.17. The second-order valence-electron chi connectivity index (χ2n) is 4.83. The van der Waals surface area contributed by atoms with Gasteiger partial charge in [0.15, 0.2) is 14.9 Å². The normalized spacial score (nSPS) is 12.6. The van der Waals surface area contributed by atoms with Gasteiger partial charge in [0, 0.05) is 23.6 Å². The van der Waals surface area contributed by atoms with Gasteiger partial charge < -0.3 is 5.32 Å². The maximum absolute atomic E-state index is 11.5. The quantitative estimate of drug-likeness (QED) is 0.795. The molecule has 0 fully saturated rings. The number of nitrogens with one attached hydrogen (secondary N) is 1. The fourth-order valence-corrected chi connectivity index (χ4v) is 2.09. The Bertz CT molecular complexity index is 489. The van der Waals surface area contributed by atoms with Crippen molar-refractivity contribution in [3.8, 4) is 0 Å². The zero-order valence-corrected chi connectivity index (χ0v) is 11.0. The number of anilines is 1. The third kappa shape index (κ3) is 3.44. The Labute approximate surface area is 96.2 Å². The molecule has 6 heteroatoms. The Morgan fingerprint density at radius 3 is 2.31 bits per heavy atom. The van der Waals surface area contributed by atoms with E-state index in [1.165, 1.54) is 6.20 Å². The summed E-state index contributed by atoms with van der Waals surface area (Å²) >= 11 is 0. The molecule has 1 rings (SSSR count). The van der Waals surface area contributed by atoms with Crippen LogP contribution in [0.3, 0.4) is 0 Å². The number of hydrogen-bond donors (Lipinski definition) is 1. The minimum atomic E-state index is -3.30. The topological polar surface area (TPSA) is 72.0 Å². The van der Waals surface area contributed by atoms with Gasteiger partial charge in [0.25, 0.3) is 0 Å². The van der Waals surface area contributed by atoms with Crippen molar-refractivity contribution in [3.63, 3.8) is 0 Å². The van der Waals surface area contributed by atoms with Crippen LogP contribution in [0.2, 0.25) is 0 Å². The molecule has 90 valence electrons. The number of nitrogens with zero attached hydrogens (tertiary/aromatic N) is 2. The summed E-state index contributed by atoms with van der Waals surface area (Å²) in [6, 6.07) is 0. The number of aryl methyl sites for hydroxylation is 1. The SMILES string of the molecule is Cc1cnc(NC(C)(C)C)nc1S(C)(=O)=O. The molecular weight excluding hydrogens is 226 g/mol. The van der Waals surface area contributed by atoms with E-state index in [-0.39, 0.29) is 10.6 Å². The largest absolute Gasteiger partial charge is 0.350 e. The lowest BCUT2D eigenvalue weighted by atomic mass is 10.1. The molecule has 0 aromatic carbocycles. The van der Waals surface area contributed by atoms with Crippen molar-refractivity contribution in [2.24, 2.45) is 0 Å². The standard InChI is InChI=1S/C10H17N3O2S/c1-7-6-11-9(13-10(2,3)4)12-8(7)16(5,14)15/h6H,1-5H3,(H,11,12,13). The van der Waals surface area contributed by atoms with E-state index >= 15 is 0 Å². The molecule has 0 saturated heterocycles. The predicted octanol–water partition coefficient (Wildman–Crippen LogP) is 1.40. The van der Waals surface area contributed by atoms with Gasteiger partial charge in [0.2, 0.25) is 5.95 Å². The summed E-state index contributed by atoms with van der Waals surface area (Å²) in [4.78, 5) is 8.07. The minimum absolute atomic E-state index is 0.0780. The first-order valence-corrected chi connectivity index (χ1v) is 6.80. The fraction of sp³-hybridized carbons (Fsp3) is 0.600. The van der Waals surface area contributed by atoms with Crippen LogP contribution in [0.25, 0.3) is 0 Å². The van der Waals surface area contributed by atoms with E-state index in [1.807, 2.05) is 20.8 Å². The summed E-state index contributed by atoms with van der Waals surface area (Å²) in [5.41, 5.74) is 0.353. The maximum atomic E-state index is 11.5. The van der Waals surface area contributed by atoms with Crippen LogP contribution < -0.4 is 5.32 Å². The fourth-order valence-electron chi connectivity index (χ4n) is 1.20. The molecule has 5 nitrogen and oxygen atoms in total. The van der Waals surface area contributed by atoms with E-state index in [9.17, 15) is 8.42 Å². The van der Waals surface area contributed by atoms with Crippen molar-refractivity contribution in [3.05, 3.63) is 11.8 Å². The van der Waals surface area contributed by atoms with E-state index < -0.39 is 9.84 Å². The Morgan fingerprint density at radius 2 is 1.88 bits per heavy atom. The molecule has 0 aliphatic rings. The van der Waals surface area contributed by atoms with E-state index in [0.717, 1.165) is 6.26 Å². The van der Waals surface area contributed by atoms with Gasteiger partial charge in [-0.3, -0.25) is 0 Å². The highest BCUT2D eigenvalue weighted by Crippen LogP contribution is 2.15. The van der Waals surface area contributed by atoms with Crippen molar-refractivity contribution in [1.82, 2.24) is 9.97 Å². The molecule has 1 aromatic heterocycles. The summed E-state index contributed by atoms with van der Waals surface area (Å²) in [6.07, 6.45) is 2.65. The van der Waals surface area contributed by atoms with Crippen molar-refractivity contribution >= 4 is 15.8 Å². The number of rotatable bonds is 2. The molecular formula is C10H17N3O2S. The Kier molecular flexibility index (Phi) is 3.23. The van der Waals surface area contributed by atoms with Gasteiger partial charge in [0.05, 0.1) is 0 Å². The molecule has 0 atom stereocenters. The number of hydrogen-bond acceptors (Lipinski definition) is 5. The second-order valence-corrected chi connectivity index (χ2v) is 6.76. The van der Waals surface area contributed by atoms with Crippen LogP contribution in [0.1, 0.15) is 26.3 Å². The lowest BCUT2D eigenvalue weighted by molar-refractivity contribution is 0.594. The van der Waals surface area contributed by atoms with Gasteiger partial charge >= 0.3 is 0 Å². The monoisotopic (exact) mass is 243 g/mol. The molecule has 0 saturated carbocycles. The molecule has 0 unspecified atom stereocenters. The zero-order chi connectivity index (χ0) is 12.6. The molecule has 0 amide bonds. The lowest BCUT2D eigenvalue weighted by Crippen LogP contribution is -2.27. The van der Waals surface area contributed by atoms with Crippen molar-refractivity contribution in [2.75, 3.05) is 11.6 Å². The molecule has 16 heavy (non-hydrogen) atoms. The first kappa shape index (κ1) is 12.9. The number of sulfone groups is 1. The molecule has 0 bridgehead atoms.